The molecule has 0 aliphatic rings. The normalized spacial score (nSPS) is 13.7. The summed E-state index contributed by atoms with van der Waals surface area (Å²) in [5.74, 6) is 0. The van der Waals surface area contributed by atoms with E-state index in [9.17, 15) is 14.3 Å². The number of unbranched alkanes of at least 4 members (excludes halogenated alkanes) is 13. The van der Waals surface area contributed by atoms with E-state index in [1.807, 2.05) is 6.07 Å². The van der Waals surface area contributed by atoms with Crippen LogP contribution in [0.2, 0.25) is 0 Å². The predicted molar refractivity (Wildman–Crippen MR) is 145 cm³/mol. The van der Waals surface area contributed by atoms with Gasteiger partial charge in [-0.15, -0.1) is 0 Å². The molecule has 0 spiro atoms. The molecule has 0 aliphatic heterocycles. The molecule has 2 unspecified atom stereocenters. The molecule has 1 rings (SSSR count). The summed E-state index contributed by atoms with van der Waals surface area (Å²) in [6.45, 7) is 2.38. The molecular weight excluding hydrogens is 495 g/mol. The van der Waals surface area contributed by atoms with E-state index < -0.39 is 20.1 Å². The Kier molecular flexibility index (Phi) is 20.5. The van der Waals surface area contributed by atoms with Crippen molar-refractivity contribution in [3.05, 3.63) is 35.9 Å². The van der Waals surface area contributed by atoms with Gasteiger partial charge in [-0.2, -0.15) is 0 Å². The second kappa shape index (κ2) is 22.5. The van der Waals surface area contributed by atoms with Crippen LogP contribution in [-0.4, -0.2) is 44.1 Å². The molecular formula is C28H49O8P. The van der Waals surface area contributed by atoms with Crippen molar-refractivity contribution in [2.45, 2.75) is 110 Å². The summed E-state index contributed by atoms with van der Waals surface area (Å²) in [6.07, 6.45) is 16.2. The minimum Gasteiger partial charge on any atom is -0.438 e. The second-order valence-electron chi connectivity index (χ2n) is 9.39. The quantitative estimate of drug-likeness (QED) is 0.0794. The van der Waals surface area contributed by atoms with Gasteiger partial charge in [0.2, 0.25) is 0 Å². The van der Waals surface area contributed by atoms with Crippen LogP contribution in [0.15, 0.2) is 30.3 Å². The van der Waals surface area contributed by atoms with E-state index >= 15 is 0 Å². The topological polar surface area (TPSA) is 101 Å². The summed E-state index contributed by atoms with van der Waals surface area (Å²) in [6, 6.07) is 8.99. The number of carbonyl (C=O) groups excluding carboxylic acids is 1. The Labute approximate surface area is 224 Å². The van der Waals surface area contributed by atoms with Crippen molar-refractivity contribution in [1.29, 1.82) is 0 Å². The molecule has 0 saturated carbocycles. The van der Waals surface area contributed by atoms with Crippen molar-refractivity contribution in [3.63, 3.8) is 0 Å². The van der Waals surface area contributed by atoms with Gasteiger partial charge in [-0.25, -0.2) is 9.36 Å². The van der Waals surface area contributed by atoms with E-state index in [1.54, 1.807) is 24.3 Å². The van der Waals surface area contributed by atoms with Gasteiger partial charge in [0, 0.05) is 6.61 Å². The van der Waals surface area contributed by atoms with Crippen LogP contribution >= 0.6 is 7.82 Å². The summed E-state index contributed by atoms with van der Waals surface area (Å²) in [4.78, 5) is 21.4. The third kappa shape index (κ3) is 20.2. The molecule has 0 aliphatic carbocycles. The van der Waals surface area contributed by atoms with Crippen LogP contribution in [0.5, 0.6) is 0 Å². The van der Waals surface area contributed by atoms with Crippen LogP contribution in [0.25, 0.3) is 0 Å². The minimum absolute atomic E-state index is 0.0340. The van der Waals surface area contributed by atoms with E-state index in [-0.39, 0.29) is 19.8 Å². The number of ether oxygens (including phenoxy) is 3. The van der Waals surface area contributed by atoms with Gasteiger partial charge < -0.3 is 19.1 Å². The fourth-order valence-electron chi connectivity index (χ4n) is 3.86. The minimum atomic E-state index is -4.33. The van der Waals surface area contributed by atoms with Crippen molar-refractivity contribution in [3.8, 4) is 0 Å². The molecule has 0 aromatic heterocycles. The monoisotopic (exact) mass is 544 g/mol. The lowest BCUT2D eigenvalue weighted by atomic mass is 10.0. The summed E-state index contributed by atoms with van der Waals surface area (Å²) in [5, 5.41) is 0. The van der Waals surface area contributed by atoms with Crippen molar-refractivity contribution in [1.82, 2.24) is 0 Å². The van der Waals surface area contributed by atoms with Gasteiger partial charge in [0.1, 0.15) is 0 Å². The number of hydrogen-bond acceptors (Lipinski definition) is 7. The molecule has 1 aromatic rings. The molecule has 214 valence electrons. The maximum atomic E-state index is 12.2. The maximum absolute atomic E-state index is 12.2. The van der Waals surface area contributed by atoms with E-state index in [0.29, 0.717) is 6.61 Å². The van der Waals surface area contributed by atoms with Crippen LogP contribution in [0.4, 0.5) is 4.79 Å². The first-order chi connectivity index (χ1) is 18.0. The van der Waals surface area contributed by atoms with Gasteiger partial charge in [-0.1, -0.05) is 121 Å². The Morgan fingerprint density at radius 2 is 1.35 bits per heavy atom. The van der Waals surface area contributed by atoms with Crippen molar-refractivity contribution >= 4 is 14.0 Å². The molecule has 0 heterocycles. The number of hydrogen-bond donors (Lipinski definition) is 1. The largest absolute Gasteiger partial charge is 0.508 e. The van der Waals surface area contributed by atoms with E-state index in [1.165, 1.54) is 84.2 Å². The van der Waals surface area contributed by atoms with Gasteiger partial charge >= 0.3 is 14.0 Å². The summed E-state index contributed by atoms with van der Waals surface area (Å²) in [5.41, 5.74) is 0.735. The SMILES string of the molecule is CCCCCCCCCCCCCCCCOCC(COP(=O)(O)OCc1ccccc1)OC(=O)OC. The number of carbonyl (C=O) groups is 1. The van der Waals surface area contributed by atoms with Gasteiger partial charge in [0.15, 0.2) is 6.10 Å². The van der Waals surface area contributed by atoms with Crippen molar-refractivity contribution in [2.75, 3.05) is 26.9 Å². The van der Waals surface area contributed by atoms with Gasteiger partial charge in [0.25, 0.3) is 0 Å². The highest BCUT2D eigenvalue weighted by Crippen LogP contribution is 2.44. The van der Waals surface area contributed by atoms with Crippen molar-refractivity contribution < 1.29 is 37.5 Å². The standard InChI is InChI=1S/C28H49O8P/c1-3-4-5-6-7-8-9-10-11-12-13-14-15-19-22-33-24-27(36-28(29)32-2)25-35-37(30,31)34-23-26-20-17-16-18-21-26/h16-18,20-21,27H,3-15,19,22-25H2,1-2H3,(H,30,31). The van der Waals surface area contributed by atoms with Crippen LogP contribution in [0, 0.1) is 0 Å². The number of rotatable bonds is 24. The van der Waals surface area contributed by atoms with Crippen LogP contribution in [0.1, 0.15) is 102 Å². The summed E-state index contributed by atoms with van der Waals surface area (Å²) >= 11 is 0. The third-order valence-electron chi connectivity index (χ3n) is 6.04. The zero-order chi connectivity index (χ0) is 27.0. The zero-order valence-electron chi connectivity index (χ0n) is 22.9. The number of methoxy groups -OCH3 is 1. The maximum Gasteiger partial charge on any atom is 0.508 e. The van der Waals surface area contributed by atoms with Crippen molar-refractivity contribution in [2.24, 2.45) is 0 Å². The molecule has 1 N–H and O–H groups in total. The average molecular weight is 545 g/mol. The lowest BCUT2D eigenvalue weighted by Crippen LogP contribution is -2.28. The Balaban J connectivity index is 2.10. The first-order valence-electron chi connectivity index (χ1n) is 13.9. The van der Waals surface area contributed by atoms with E-state index in [0.717, 1.165) is 18.4 Å². The fourth-order valence-corrected chi connectivity index (χ4v) is 4.60. The molecule has 0 saturated heterocycles. The fraction of sp³-hybridized carbons (Fsp3) is 0.750. The number of phosphoric ester groups is 1. The Hall–Kier alpha value is -1.44. The highest BCUT2D eigenvalue weighted by atomic mass is 31.2. The molecule has 37 heavy (non-hydrogen) atoms. The van der Waals surface area contributed by atoms with E-state index in [4.69, 9.17) is 18.5 Å². The predicted octanol–water partition coefficient (Wildman–Crippen LogP) is 7.97. The molecule has 0 amide bonds. The molecule has 1 aromatic carbocycles. The second-order valence-corrected chi connectivity index (χ2v) is 10.8. The van der Waals surface area contributed by atoms with Gasteiger partial charge in [-0.05, 0) is 12.0 Å². The molecule has 2 atom stereocenters. The Morgan fingerprint density at radius 3 is 1.89 bits per heavy atom. The number of phosphoric acid groups is 1. The highest BCUT2D eigenvalue weighted by molar-refractivity contribution is 7.47. The molecule has 8 nitrogen and oxygen atoms in total. The molecule has 0 fully saturated rings. The Morgan fingerprint density at radius 1 is 0.811 bits per heavy atom. The highest BCUT2D eigenvalue weighted by Gasteiger charge is 2.25. The van der Waals surface area contributed by atoms with E-state index in [2.05, 4.69) is 11.7 Å². The molecule has 9 heteroatoms. The Bertz CT molecular complexity index is 715. The lowest BCUT2D eigenvalue weighted by Gasteiger charge is -2.19. The molecule has 0 bridgehead atoms. The average Bonchev–Trinajstić information content (AvgIpc) is 2.90. The number of benzene rings is 1. The van der Waals surface area contributed by atoms with Crippen LogP contribution in [-0.2, 0) is 34.4 Å². The third-order valence-corrected chi connectivity index (χ3v) is 6.97. The summed E-state index contributed by atoms with van der Waals surface area (Å²) < 4.78 is 37.4. The van der Waals surface area contributed by atoms with Crippen LogP contribution < -0.4 is 0 Å². The van der Waals surface area contributed by atoms with Gasteiger partial charge in [-0.3, -0.25) is 9.05 Å². The summed E-state index contributed by atoms with van der Waals surface area (Å²) in [7, 11) is -3.14. The smallest absolute Gasteiger partial charge is 0.438 e. The van der Waals surface area contributed by atoms with Crippen LogP contribution in [0.3, 0.4) is 0 Å². The lowest BCUT2D eigenvalue weighted by molar-refractivity contribution is -0.0324. The molecule has 0 radical (unpaired) electrons. The van der Waals surface area contributed by atoms with Gasteiger partial charge in [0.05, 0.1) is 26.9 Å². The first-order valence-corrected chi connectivity index (χ1v) is 15.4. The first kappa shape index (κ1) is 33.6. The zero-order valence-corrected chi connectivity index (χ0v) is 23.8.